The Kier molecular flexibility index (Phi) is 5.21. The van der Waals surface area contributed by atoms with Crippen molar-refractivity contribution in [3.63, 3.8) is 0 Å². The zero-order valence-corrected chi connectivity index (χ0v) is 17.6. The predicted molar refractivity (Wildman–Crippen MR) is 114 cm³/mol. The summed E-state index contributed by atoms with van der Waals surface area (Å²) in [7, 11) is 1.54. The van der Waals surface area contributed by atoms with E-state index in [4.69, 9.17) is 16.3 Å². The molecule has 0 saturated heterocycles. The number of methoxy groups -OCH3 is 1. The van der Waals surface area contributed by atoms with E-state index in [1.807, 2.05) is 31.4 Å². The number of ether oxygens (including phenoxy) is 1. The van der Waals surface area contributed by atoms with Crippen molar-refractivity contribution in [2.45, 2.75) is 20.3 Å². The molecule has 3 aromatic heterocycles. The van der Waals surface area contributed by atoms with Crippen LogP contribution in [0.4, 0.5) is 5.69 Å². The number of carbonyl (C=O) groups excluding carboxylic acids is 1. The number of rotatable bonds is 5. The molecular weight excluding hydrogens is 410 g/mol. The van der Waals surface area contributed by atoms with E-state index in [0.717, 1.165) is 21.8 Å². The molecule has 0 spiro atoms. The molecular formula is C20H18ClN5O2S. The van der Waals surface area contributed by atoms with E-state index < -0.39 is 0 Å². The lowest BCUT2D eigenvalue weighted by atomic mass is 10.1. The van der Waals surface area contributed by atoms with Crippen molar-refractivity contribution in [3.8, 4) is 16.5 Å². The highest BCUT2D eigenvalue weighted by molar-refractivity contribution is 7.13. The summed E-state index contributed by atoms with van der Waals surface area (Å²) in [6.07, 6.45) is 0.143. The van der Waals surface area contributed by atoms with Crippen LogP contribution in [0, 0.1) is 13.8 Å². The molecule has 0 radical (unpaired) electrons. The van der Waals surface area contributed by atoms with Crippen LogP contribution < -0.4 is 10.1 Å². The number of nitrogens with zero attached hydrogens (tertiary/aromatic N) is 4. The summed E-state index contributed by atoms with van der Waals surface area (Å²) >= 11 is 7.61. The second-order valence-corrected chi connectivity index (χ2v) is 7.84. The van der Waals surface area contributed by atoms with Crippen LogP contribution in [0.15, 0.2) is 35.7 Å². The van der Waals surface area contributed by atoms with Crippen LogP contribution in [0.25, 0.3) is 16.5 Å². The summed E-state index contributed by atoms with van der Waals surface area (Å²) in [6.45, 7) is 3.78. The van der Waals surface area contributed by atoms with Crippen molar-refractivity contribution in [3.05, 3.63) is 57.7 Å². The lowest BCUT2D eigenvalue weighted by Gasteiger charge is -2.13. The fourth-order valence-electron chi connectivity index (χ4n) is 3.11. The second-order valence-electron chi connectivity index (χ2n) is 6.46. The van der Waals surface area contributed by atoms with E-state index in [2.05, 4.69) is 20.4 Å². The van der Waals surface area contributed by atoms with Crippen LogP contribution in [0.3, 0.4) is 0 Å². The first-order valence-electron chi connectivity index (χ1n) is 8.86. The van der Waals surface area contributed by atoms with Gasteiger partial charge in [-0.25, -0.2) is 9.50 Å². The largest absolute Gasteiger partial charge is 0.495 e. The summed E-state index contributed by atoms with van der Waals surface area (Å²) in [4.78, 5) is 22.7. The topological polar surface area (TPSA) is 81.4 Å². The van der Waals surface area contributed by atoms with Crippen LogP contribution in [0.1, 0.15) is 17.0 Å². The molecule has 0 fully saturated rings. The van der Waals surface area contributed by atoms with Crippen LogP contribution in [0.2, 0.25) is 5.02 Å². The van der Waals surface area contributed by atoms with Gasteiger partial charge in [0.25, 0.3) is 5.78 Å². The third-order valence-electron chi connectivity index (χ3n) is 4.56. The molecule has 3 heterocycles. The van der Waals surface area contributed by atoms with Gasteiger partial charge < -0.3 is 10.1 Å². The van der Waals surface area contributed by atoms with Gasteiger partial charge in [0.15, 0.2) is 5.82 Å². The molecule has 29 heavy (non-hydrogen) atoms. The molecule has 0 atom stereocenters. The van der Waals surface area contributed by atoms with Crippen molar-refractivity contribution in [1.29, 1.82) is 0 Å². The quantitative estimate of drug-likeness (QED) is 0.513. The molecule has 148 valence electrons. The van der Waals surface area contributed by atoms with E-state index in [9.17, 15) is 4.79 Å². The first-order valence-corrected chi connectivity index (χ1v) is 10.1. The summed E-state index contributed by atoms with van der Waals surface area (Å²) in [5.74, 6) is 1.49. The van der Waals surface area contributed by atoms with Crippen molar-refractivity contribution in [1.82, 2.24) is 19.6 Å². The zero-order chi connectivity index (χ0) is 20.5. The molecule has 0 aliphatic carbocycles. The summed E-state index contributed by atoms with van der Waals surface area (Å²) < 4.78 is 6.97. The second kappa shape index (κ2) is 7.81. The Bertz CT molecular complexity index is 1200. The zero-order valence-electron chi connectivity index (χ0n) is 16.1. The molecule has 0 saturated carbocycles. The monoisotopic (exact) mass is 427 g/mol. The van der Waals surface area contributed by atoms with Crippen LogP contribution in [-0.4, -0.2) is 32.6 Å². The lowest BCUT2D eigenvalue weighted by molar-refractivity contribution is -0.115. The summed E-state index contributed by atoms with van der Waals surface area (Å²) in [6, 6.07) is 9.00. The molecule has 9 heteroatoms. The van der Waals surface area contributed by atoms with Gasteiger partial charge in [-0.15, -0.1) is 16.4 Å². The molecule has 0 aliphatic heterocycles. The van der Waals surface area contributed by atoms with Crippen molar-refractivity contribution in [2.75, 3.05) is 12.4 Å². The molecule has 0 bridgehead atoms. The van der Waals surface area contributed by atoms with Gasteiger partial charge in [-0.3, -0.25) is 4.79 Å². The number of nitrogens with one attached hydrogen (secondary N) is 1. The molecule has 4 aromatic rings. The molecule has 4 rings (SSSR count). The Hall–Kier alpha value is -2.97. The van der Waals surface area contributed by atoms with Gasteiger partial charge in [-0.2, -0.15) is 4.98 Å². The molecule has 1 N–H and O–H groups in total. The van der Waals surface area contributed by atoms with Gasteiger partial charge in [-0.05, 0) is 43.5 Å². The number of aromatic nitrogens is 4. The van der Waals surface area contributed by atoms with Crippen LogP contribution in [0.5, 0.6) is 5.75 Å². The van der Waals surface area contributed by atoms with E-state index in [1.165, 1.54) is 0 Å². The smallest absolute Gasteiger partial charge is 0.253 e. The minimum atomic E-state index is -0.198. The Balaban J connectivity index is 1.64. The van der Waals surface area contributed by atoms with Gasteiger partial charge in [0.1, 0.15) is 5.75 Å². The highest BCUT2D eigenvalue weighted by atomic mass is 35.5. The number of benzene rings is 1. The minimum Gasteiger partial charge on any atom is -0.495 e. The number of aryl methyl sites for hydroxylation is 2. The van der Waals surface area contributed by atoms with E-state index in [1.54, 1.807) is 41.2 Å². The highest BCUT2D eigenvalue weighted by Gasteiger charge is 2.18. The number of hydrogen-bond acceptors (Lipinski definition) is 6. The standard InChI is InChI=1S/C20H18ClN5O2S/c1-11-14(10-18(27)23-15-9-13(21)6-7-16(15)28-3)12(2)26-20(22-11)24-19(25-26)17-5-4-8-29-17/h4-9H,10H2,1-3H3,(H,23,27). The van der Waals surface area contributed by atoms with Crippen LogP contribution >= 0.6 is 22.9 Å². The molecule has 1 aromatic carbocycles. The van der Waals surface area contributed by atoms with Crippen molar-refractivity contribution < 1.29 is 9.53 Å². The number of hydrogen-bond donors (Lipinski definition) is 1. The highest BCUT2D eigenvalue weighted by Crippen LogP contribution is 2.28. The predicted octanol–water partition coefficient (Wildman–Crippen LogP) is 4.31. The Labute approximate surface area is 176 Å². The molecule has 1 amide bonds. The molecule has 7 nitrogen and oxygen atoms in total. The Morgan fingerprint density at radius 3 is 2.83 bits per heavy atom. The average molecular weight is 428 g/mol. The SMILES string of the molecule is COc1ccc(Cl)cc1NC(=O)Cc1c(C)nc2nc(-c3cccs3)nn2c1C. The molecule has 0 aliphatic rings. The number of carbonyl (C=O) groups is 1. The van der Waals surface area contributed by atoms with Crippen LogP contribution in [-0.2, 0) is 11.2 Å². The maximum atomic E-state index is 12.7. The Morgan fingerprint density at radius 2 is 2.10 bits per heavy atom. The first-order chi connectivity index (χ1) is 14.0. The van der Waals surface area contributed by atoms with E-state index >= 15 is 0 Å². The Morgan fingerprint density at radius 1 is 1.28 bits per heavy atom. The van der Waals surface area contributed by atoms with Gasteiger partial charge in [0, 0.05) is 22.0 Å². The van der Waals surface area contributed by atoms with E-state index in [-0.39, 0.29) is 12.3 Å². The minimum absolute atomic E-state index is 0.143. The summed E-state index contributed by atoms with van der Waals surface area (Å²) in [5.41, 5.74) is 2.90. The first kappa shape index (κ1) is 19.4. The summed E-state index contributed by atoms with van der Waals surface area (Å²) in [5, 5.41) is 9.92. The fraction of sp³-hybridized carbons (Fsp3) is 0.200. The number of thiophene rings is 1. The van der Waals surface area contributed by atoms with Gasteiger partial charge >= 0.3 is 0 Å². The third kappa shape index (κ3) is 3.81. The van der Waals surface area contributed by atoms with Gasteiger partial charge in [-0.1, -0.05) is 17.7 Å². The number of amides is 1. The average Bonchev–Trinajstić information content (AvgIpc) is 3.35. The maximum Gasteiger partial charge on any atom is 0.253 e. The fourth-order valence-corrected chi connectivity index (χ4v) is 3.93. The third-order valence-corrected chi connectivity index (χ3v) is 5.66. The normalized spacial score (nSPS) is 11.0. The van der Waals surface area contributed by atoms with Gasteiger partial charge in [0.2, 0.25) is 5.91 Å². The van der Waals surface area contributed by atoms with Crippen molar-refractivity contribution in [2.24, 2.45) is 0 Å². The number of fused-ring (bicyclic) bond motifs is 1. The van der Waals surface area contributed by atoms with Crippen molar-refractivity contribution >= 4 is 40.3 Å². The van der Waals surface area contributed by atoms with Gasteiger partial charge in [0.05, 0.1) is 24.1 Å². The molecule has 0 unspecified atom stereocenters. The van der Waals surface area contributed by atoms with E-state index in [0.29, 0.717) is 28.1 Å². The maximum absolute atomic E-state index is 12.7. The number of halogens is 1. The number of anilines is 1. The lowest BCUT2D eigenvalue weighted by Crippen LogP contribution is -2.18.